The van der Waals surface area contributed by atoms with Crippen LogP contribution in [0.1, 0.15) is 38.3 Å². The Balaban J connectivity index is 1.93. The first-order valence-corrected chi connectivity index (χ1v) is 8.27. The SMILES string of the molecule is COc1ccccc1C(C)NC(=O)C(C)N1CCC(OC)CC1. The van der Waals surface area contributed by atoms with Gasteiger partial charge in [0.25, 0.3) is 0 Å². The fourth-order valence-electron chi connectivity index (χ4n) is 3.10. The van der Waals surface area contributed by atoms with Crippen molar-refractivity contribution < 1.29 is 14.3 Å². The fourth-order valence-corrected chi connectivity index (χ4v) is 3.10. The number of para-hydroxylation sites is 1. The van der Waals surface area contributed by atoms with Crippen LogP contribution in [-0.2, 0) is 9.53 Å². The van der Waals surface area contributed by atoms with Crippen LogP contribution in [0.15, 0.2) is 24.3 Å². The predicted octanol–water partition coefficient (Wildman–Crippen LogP) is 2.37. The van der Waals surface area contributed by atoms with E-state index in [0.717, 1.165) is 37.2 Å². The molecule has 1 heterocycles. The van der Waals surface area contributed by atoms with E-state index in [2.05, 4.69) is 10.2 Å². The van der Waals surface area contributed by atoms with Crippen molar-refractivity contribution in [2.75, 3.05) is 27.3 Å². The number of ether oxygens (including phenoxy) is 2. The Morgan fingerprint density at radius 2 is 1.87 bits per heavy atom. The highest BCUT2D eigenvalue weighted by molar-refractivity contribution is 5.81. The number of hydrogen-bond acceptors (Lipinski definition) is 4. The predicted molar refractivity (Wildman–Crippen MR) is 90.6 cm³/mol. The molecule has 23 heavy (non-hydrogen) atoms. The molecule has 2 unspecified atom stereocenters. The van der Waals surface area contributed by atoms with Crippen molar-refractivity contribution in [3.05, 3.63) is 29.8 Å². The molecule has 2 rings (SSSR count). The van der Waals surface area contributed by atoms with Crippen molar-refractivity contribution >= 4 is 5.91 Å². The summed E-state index contributed by atoms with van der Waals surface area (Å²) in [6, 6.07) is 7.57. The highest BCUT2D eigenvalue weighted by atomic mass is 16.5. The van der Waals surface area contributed by atoms with Crippen molar-refractivity contribution in [2.24, 2.45) is 0 Å². The maximum Gasteiger partial charge on any atom is 0.237 e. The van der Waals surface area contributed by atoms with E-state index >= 15 is 0 Å². The molecule has 1 amide bonds. The zero-order valence-corrected chi connectivity index (χ0v) is 14.5. The van der Waals surface area contributed by atoms with Gasteiger partial charge in [0.2, 0.25) is 5.91 Å². The fraction of sp³-hybridized carbons (Fsp3) is 0.611. The first kappa shape index (κ1) is 17.8. The van der Waals surface area contributed by atoms with Gasteiger partial charge in [0, 0.05) is 25.8 Å². The molecule has 1 aromatic rings. The molecule has 1 aromatic carbocycles. The molecule has 2 atom stereocenters. The minimum Gasteiger partial charge on any atom is -0.496 e. The Bertz CT molecular complexity index is 513. The molecular weight excluding hydrogens is 292 g/mol. The summed E-state index contributed by atoms with van der Waals surface area (Å²) < 4.78 is 10.8. The molecule has 5 heteroatoms. The summed E-state index contributed by atoms with van der Waals surface area (Å²) in [5.41, 5.74) is 0.994. The highest BCUT2D eigenvalue weighted by Gasteiger charge is 2.27. The van der Waals surface area contributed by atoms with E-state index in [1.165, 1.54) is 0 Å². The molecule has 128 valence electrons. The summed E-state index contributed by atoms with van der Waals surface area (Å²) in [6.45, 7) is 5.75. The third kappa shape index (κ3) is 4.45. The molecule has 0 bridgehead atoms. The first-order chi connectivity index (χ1) is 11.1. The highest BCUT2D eigenvalue weighted by Crippen LogP contribution is 2.24. The first-order valence-electron chi connectivity index (χ1n) is 8.27. The lowest BCUT2D eigenvalue weighted by atomic mass is 10.0. The molecule has 1 fully saturated rings. The largest absolute Gasteiger partial charge is 0.496 e. The van der Waals surface area contributed by atoms with E-state index in [-0.39, 0.29) is 18.0 Å². The molecule has 0 spiro atoms. The minimum absolute atomic E-state index is 0.0549. The van der Waals surface area contributed by atoms with Gasteiger partial charge in [0.15, 0.2) is 0 Å². The molecule has 1 saturated heterocycles. The molecule has 0 aromatic heterocycles. The zero-order valence-electron chi connectivity index (χ0n) is 14.5. The second-order valence-electron chi connectivity index (χ2n) is 6.12. The Hall–Kier alpha value is -1.59. The lowest BCUT2D eigenvalue weighted by Gasteiger charge is -2.35. The number of carbonyl (C=O) groups excluding carboxylic acids is 1. The Morgan fingerprint density at radius 1 is 1.22 bits per heavy atom. The van der Waals surface area contributed by atoms with Gasteiger partial charge in [-0.2, -0.15) is 0 Å². The Kier molecular flexibility index (Phi) is 6.42. The smallest absolute Gasteiger partial charge is 0.237 e. The summed E-state index contributed by atoms with van der Waals surface area (Å²) in [4.78, 5) is 14.8. The maximum absolute atomic E-state index is 12.6. The minimum atomic E-state index is -0.134. The van der Waals surface area contributed by atoms with E-state index in [4.69, 9.17) is 9.47 Å². The number of nitrogens with zero attached hydrogens (tertiary/aromatic N) is 1. The van der Waals surface area contributed by atoms with Gasteiger partial charge < -0.3 is 14.8 Å². The van der Waals surface area contributed by atoms with Crippen LogP contribution < -0.4 is 10.1 Å². The third-order valence-corrected chi connectivity index (χ3v) is 4.70. The topological polar surface area (TPSA) is 50.8 Å². The van der Waals surface area contributed by atoms with Gasteiger partial charge in [0.1, 0.15) is 5.75 Å². The standard InChI is InChI=1S/C18H28N2O3/c1-13(16-7-5-6-8-17(16)23-4)19-18(21)14(2)20-11-9-15(22-3)10-12-20/h5-8,13-15H,9-12H2,1-4H3,(H,19,21). The summed E-state index contributed by atoms with van der Waals surface area (Å²) in [5.74, 6) is 0.855. The third-order valence-electron chi connectivity index (χ3n) is 4.70. The summed E-state index contributed by atoms with van der Waals surface area (Å²) in [6.07, 6.45) is 2.29. The van der Waals surface area contributed by atoms with Crippen LogP contribution in [0.4, 0.5) is 0 Å². The van der Waals surface area contributed by atoms with E-state index in [9.17, 15) is 4.79 Å². The zero-order chi connectivity index (χ0) is 16.8. The van der Waals surface area contributed by atoms with E-state index < -0.39 is 0 Å². The monoisotopic (exact) mass is 320 g/mol. The van der Waals surface area contributed by atoms with Crippen LogP contribution in [-0.4, -0.2) is 50.3 Å². The van der Waals surface area contributed by atoms with Gasteiger partial charge in [-0.3, -0.25) is 9.69 Å². The summed E-state index contributed by atoms with van der Waals surface area (Å²) >= 11 is 0. The number of amides is 1. The van der Waals surface area contributed by atoms with Gasteiger partial charge >= 0.3 is 0 Å². The van der Waals surface area contributed by atoms with Gasteiger partial charge in [0.05, 0.1) is 25.3 Å². The molecule has 0 aliphatic carbocycles. The Morgan fingerprint density at radius 3 is 2.48 bits per heavy atom. The molecule has 1 aliphatic rings. The average Bonchev–Trinajstić information content (AvgIpc) is 2.60. The number of carbonyl (C=O) groups is 1. The summed E-state index contributed by atoms with van der Waals surface area (Å²) in [7, 11) is 3.40. The second-order valence-corrected chi connectivity index (χ2v) is 6.12. The molecule has 1 aliphatic heterocycles. The molecule has 0 radical (unpaired) electrons. The van der Waals surface area contributed by atoms with Gasteiger partial charge in [-0.05, 0) is 32.8 Å². The normalized spacial score (nSPS) is 19.1. The number of rotatable bonds is 6. The molecule has 1 N–H and O–H groups in total. The average molecular weight is 320 g/mol. The number of benzene rings is 1. The molecular formula is C18H28N2O3. The van der Waals surface area contributed by atoms with Gasteiger partial charge in [-0.25, -0.2) is 0 Å². The van der Waals surface area contributed by atoms with Crippen LogP contribution in [0.5, 0.6) is 5.75 Å². The quantitative estimate of drug-likeness (QED) is 0.874. The summed E-state index contributed by atoms with van der Waals surface area (Å²) in [5, 5.41) is 3.10. The van der Waals surface area contributed by atoms with Crippen LogP contribution in [0.2, 0.25) is 0 Å². The number of nitrogens with one attached hydrogen (secondary N) is 1. The van der Waals surface area contributed by atoms with Crippen molar-refractivity contribution in [1.82, 2.24) is 10.2 Å². The van der Waals surface area contributed by atoms with Crippen molar-refractivity contribution in [1.29, 1.82) is 0 Å². The number of piperidine rings is 1. The van der Waals surface area contributed by atoms with Crippen molar-refractivity contribution in [2.45, 2.75) is 44.9 Å². The van der Waals surface area contributed by atoms with Crippen LogP contribution in [0.3, 0.4) is 0 Å². The van der Waals surface area contributed by atoms with Gasteiger partial charge in [-0.1, -0.05) is 18.2 Å². The van der Waals surface area contributed by atoms with Crippen molar-refractivity contribution in [3.63, 3.8) is 0 Å². The van der Waals surface area contributed by atoms with E-state index in [1.54, 1.807) is 14.2 Å². The maximum atomic E-state index is 12.6. The van der Waals surface area contributed by atoms with E-state index in [0.29, 0.717) is 6.10 Å². The number of likely N-dealkylation sites (tertiary alicyclic amines) is 1. The molecule has 5 nitrogen and oxygen atoms in total. The number of methoxy groups -OCH3 is 2. The lowest BCUT2D eigenvalue weighted by molar-refractivity contribution is -0.127. The van der Waals surface area contributed by atoms with Crippen molar-refractivity contribution in [3.8, 4) is 5.75 Å². The van der Waals surface area contributed by atoms with Crippen LogP contribution >= 0.6 is 0 Å². The van der Waals surface area contributed by atoms with E-state index in [1.807, 2.05) is 38.1 Å². The van der Waals surface area contributed by atoms with Crippen LogP contribution in [0.25, 0.3) is 0 Å². The Labute approximate surface area is 139 Å². The second kappa shape index (κ2) is 8.31. The molecule has 0 saturated carbocycles. The van der Waals surface area contributed by atoms with Gasteiger partial charge in [-0.15, -0.1) is 0 Å². The number of hydrogen-bond donors (Lipinski definition) is 1. The van der Waals surface area contributed by atoms with Crippen LogP contribution in [0, 0.1) is 0 Å². The lowest BCUT2D eigenvalue weighted by Crippen LogP contribution is -2.49.